The molecule has 1 aromatic rings. The van der Waals surface area contributed by atoms with Gasteiger partial charge in [-0.3, -0.25) is 19.5 Å². The van der Waals surface area contributed by atoms with Crippen molar-refractivity contribution in [3.63, 3.8) is 0 Å². The molecular formula is C11H11N3O2S2. The zero-order chi connectivity index (χ0) is 13.0. The molecule has 94 valence electrons. The normalized spacial score (nSPS) is 15.0. The van der Waals surface area contributed by atoms with Crippen LogP contribution in [0.1, 0.15) is 10.4 Å². The molecule has 1 fully saturated rings. The van der Waals surface area contributed by atoms with Gasteiger partial charge in [-0.05, 0) is 12.1 Å². The van der Waals surface area contributed by atoms with E-state index in [2.05, 4.69) is 10.3 Å². The highest BCUT2D eigenvalue weighted by Gasteiger charge is 2.25. The lowest BCUT2D eigenvalue weighted by Gasteiger charge is -2.14. The van der Waals surface area contributed by atoms with Crippen LogP contribution in [0.3, 0.4) is 0 Å². The maximum Gasteiger partial charge on any atom is 0.251 e. The van der Waals surface area contributed by atoms with Crippen molar-refractivity contribution in [2.24, 2.45) is 0 Å². The number of amides is 2. The molecule has 0 atom stereocenters. The zero-order valence-electron chi connectivity index (χ0n) is 9.46. The Bertz CT molecular complexity index is 462. The van der Waals surface area contributed by atoms with Crippen LogP contribution < -0.4 is 5.32 Å². The highest BCUT2D eigenvalue weighted by atomic mass is 32.2. The van der Waals surface area contributed by atoms with Crippen molar-refractivity contribution in [3.8, 4) is 0 Å². The fourth-order valence-corrected chi connectivity index (χ4v) is 2.61. The van der Waals surface area contributed by atoms with Crippen LogP contribution in [0.15, 0.2) is 24.5 Å². The van der Waals surface area contributed by atoms with Gasteiger partial charge in [0, 0.05) is 31.0 Å². The van der Waals surface area contributed by atoms with Crippen LogP contribution in [0.4, 0.5) is 0 Å². The lowest BCUT2D eigenvalue weighted by Crippen LogP contribution is -2.37. The molecule has 1 N–H and O–H groups in total. The number of nitrogens with zero attached hydrogens (tertiary/aromatic N) is 2. The lowest BCUT2D eigenvalue weighted by molar-refractivity contribution is -0.123. The summed E-state index contributed by atoms with van der Waals surface area (Å²) in [6.07, 6.45) is 3.12. The lowest BCUT2D eigenvalue weighted by atomic mass is 10.2. The summed E-state index contributed by atoms with van der Waals surface area (Å²) in [5.41, 5.74) is 0.551. The third-order valence-corrected chi connectivity index (χ3v) is 3.84. The van der Waals surface area contributed by atoms with Crippen molar-refractivity contribution in [2.45, 2.75) is 0 Å². The quantitative estimate of drug-likeness (QED) is 0.822. The number of pyridine rings is 1. The molecule has 1 saturated heterocycles. The molecule has 0 aromatic carbocycles. The van der Waals surface area contributed by atoms with E-state index in [1.807, 2.05) is 0 Å². The number of carbonyl (C=O) groups is 2. The van der Waals surface area contributed by atoms with E-state index in [1.165, 1.54) is 16.7 Å². The largest absolute Gasteiger partial charge is 0.350 e. The predicted octanol–water partition coefficient (Wildman–Crippen LogP) is 0.672. The molecule has 0 bridgehead atoms. The zero-order valence-corrected chi connectivity index (χ0v) is 11.1. The first-order valence-corrected chi connectivity index (χ1v) is 6.73. The first-order chi connectivity index (χ1) is 8.68. The maximum absolute atomic E-state index is 11.7. The SMILES string of the molecule is O=C(NCCN1C(=O)CSC1=S)c1ccncc1. The number of aromatic nitrogens is 1. The summed E-state index contributed by atoms with van der Waals surface area (Å²) in [5, 5.41) is 2.74. The first kappa shape index (κ1) is 13.0. The summed E-state index contributed by atoms with van der Waals surface area (Å²) in [6.45, 7) is 0.801. The topological polar surface area (TPSA) is 62.3 Å². The van der Waals surface area contributed by atoms with E-state index >= 15 is 0 Å². The first-order valence-electron chi connectivity index (χ1n) is 5.34. The van der Waals surface area contributed by atoms with Gasteiger partial charge in [-0.25, -0.2) is 0 Å². The Kier molecular flexibility index (Phi) is 4.27. The summed E-state index contributed by atoms with van der Waals surface area (Å²) >= 11 is 6.39. The Balaban J connectivity index is 1.81. The molecule has 2 heterocycles. The summed E-state index contributed by atoms with van der Waals surface area (Å²) in [4.78, 5) is 28.5. The van der Waals surface area contributed by atoms with Crippen LogP contribution in [0.2, 0.25) is 0 Å². The summed E-state index contributed by atoms with van der Waals surface area (Å²) in [7, 11) is 0. The van der Waals surface area contributed by atoms with Crippen LogP contribution in [0.25, 0.3) is 0 Å². The summed E-state index contributed by atoms with van der Waals surface area (Å²) in [6, 6.07) is 3.27. The molecule has 0 unspecified atom stereocenters. The fraction of sp³-hybridized carbons (Fsp3) is 0.273. The number of thiocarbonyl (C=S) groups is 1. The van der Waals surface area contributed by atoms with Crippen molar-refractivity contribution in [3.05, 3.63) is 30.1 Å². The second-order valence-electron chi connectivity index (χ2n) is 3.59. The molecule has 0 radical (unpaired) electrons. The van der Waals surface area contributed by atoms with Crippen LogP contribution >= 0.6 is 24.0 Å². The maximum atomic E-state index is 11.7. The minimum atomic E-state index is -0.178. The minimum absolute atomic E-state index is 0.00293. The smallest absolute Gasteiger partial charge is 0.251 e. The number of thioether (sulfide) groups is 1. The molecular weight excluding hydrogens is 270 g/mol. The molecule has 2 amide bonds. The van der Waals surface area contributed by atoms with E-state index in [1.54, 1.807) is 24.5 Å². The van der Waals surface area contributed by atoms with Crippen LogP contribution in [0, 0.1) is 0 Å². The van der Waals surface area contributed by atoms with E-state index in [4.69, 9.17) is 12.2 Å². The molecule has 2 rings (SSSR count). The van der Waals surface area contributed by atoms with E-state index in [0.717, 1.165) is 0 Å². The number of rotatable bonds is 4. The van der Waals surface area contributed by atoms with Crippen LogP contribution in [-0.4, -0.2) is 44.9 Å². The Hall–Kier alpha value is -1.47. The Morgan fingerprint density at radius 1 is 1.50 bits per heavy atom. The Labute approximate surface area is 114 Å². The second-order valence-corrected chi connectivity index (χ2v) is 5.20. The van der Waals surface area contributed by atoms with Gasteiger partial charge < -0.3 is 5.32 Å². The molecule has 1 aromatic heterocycles. The molecule has 7 heteroatoms. The third kappa shape index (κ3) is 3.05. The van der Waals surface area contributed by atoms with Crippen molar-refractivity contribution in [1.29, 1.82) is 0 Å². The minimum Gasteiger partial charge on any atom is -0.350 e. The second kappa shape index (κ2) is 5.92. The van der Waals surface area contributed by atoms with Gasteiger partial charge in [0.1, 0.15) is 4.32 Å². The Morgan fingerprint density at radius 2 is 2.22 bits per heavy atom. The number of hydrogen-bond acceptors (Lipinski definition) is 5. The van der Waals surface area contributed by atoms with Gasteiger partial charge in [0.2, 0.25) is 5.91 Å². The monoisotopic (exact) mass is 281 g/mol. The van der Waals surface area contributed by atoms with Crippen LogP contribution in [0.5, 0.6) is 0 Å². The van der Waals surface area contributed by atoms with Gasteiger partial charge in [0.05, 0.1) is 5.75 Å². The molecule has 1 aliphatic heterocycles. The average molecular weight is 281 g/mol. The fourth-order valence-electron chi connectivity index (χ4n) is 1.48. The molecule has 0 spiro atoms. The van der Waals surface area contributed by atoms with Gasteiger partial charge in [0.25, 0.3) is 5.91 Å². The standard InChI is InChI=1S/C11H11N3O2S2/c15-9-7-18-11(17)14(9)6-5-13-10(16)8-1-3-12-4-2-8/h1-4H,5-7H2,(H,13,16). The van der Waals surface area contributed by atoms with E-state index in [-0.39, 0.29) is 11.8 Å². The highest BCUT2D eigenvalue weighted by molar-refractivity contribution is 8.23. The average Bonchev–Trinajstić information content (AvgIpc) is 2.71. The third-order valence-electron chi connectivity index (χ3n) is 2.40. The number of nitrogens with one attached hydrogen (secondary N) is 1. The van der Waals surface area contributed by atoms with E-state index in [0.29, 0.717) is 28.7 Å². The molecule has 1 aliphatic rings. The van der Waals surface area contributed by atoms with Gasteiger partial charge in [-0.15, -0.1) is 0 Å². The van der Waals surface area contributed by atoms with Crippen molar-refractivity contribution >= 4 is 40.1 Å². The van der Waals surface area contributed by atoms with Crippen molar-refractivity contribution in [2.75, 3.05) is 18.8 Å². The van der Waals surface area contributed by atoms with Gasteiger partial charge in [0.15, 0.2) is 0 Å². The predicted molar refractivity (Wildman–Crippen MR) is 73.3 cm³/mol. The van der Waals surface area contributed by atoms with E-state index in [9.17, 15) is 9.59 Å². The van der Waals surface area contributed by atoms with Gasteiger partial charge >= 0.3 is 0 Å². The van der Waals surface area contributed by atoms with Gasteiger partial charge in [-0.2, -0.15) is 0 Å². The number of hydrogen-bond donors (Lipinski definition) is 1. The number of carbonyl (C=O) groups excluding carboxylic acids is 2. The van der Waals surface area contributed by atoms with Crippen LogP contribution in [-0.2, 0) is 4.79 Å². The van der Waals surface area contributed by atoms with E-state index < -0.39 is 0 Å². The van der Waals surface area contributed by atoms with Crippen molar-refractivity contribution < 1.29 is 9.59 Å². The summed E-state index contributed by atoms with van der Waals surface area (Å²) in [5.74, 6) is 0.225. The Morgan fingerprint density at radius 3 is 2.83 bits per heavy atom. The molecule has 0 aliphatic carbocycles. The highest BCUT2D eigenvalue weighted by Crippen LogP contribution is 2.18. The van der Waals surface area contributed by atoms with Crippen molar-refractivity contribution in [1.82, 2.24) is 15.2 Å². The van der Waals surface area contributed by atoms with Gasteiger partial charge in [-0.1, -0.05) is 24.0 Å². The molecule has 5 nitrogen and oxygen atoms in total. The summed E-state index contributed by atoms with van der Waals surface area (Å²) < 4.78 is 0.582. The molecule has 0 saturated carbocycles. The molecule has 18 heavy (non-hydrogen) atoms.